The van der Waals surface area contributed by atoms with Crippen molar-refractivity contribution in [2.24, 2.45) is 5.92 Å². The summed E-state index contributed by atoms with van der Waals surface area (Å²) < 4.78 is 9.22. The van der Waals surface area contributed by atoms with E-state index in [0.29, 0.717) is 12.5 Å². The fourth-order valence-electron chi connectivity index (χ4n) is 0.343. The van der Waals surface area contributed by atoms with Gasteiger partial charge in [0, 0.05) is 7.11 Å². The first-order valence-electron chi connectivity index (χ1n) is 2.99. The van der Waals surface area contributed by atoms with Gasteiger partial charge in [-0.05, 0) is 5.92 Å². The minimum Gasteiger partial charge on any atom is -0.346 e. The van der Waals surface area contributed by atoms with Gasteiger partial charge in [0.1, 0.15) is 0 Å². The lowest BCUT2D eigenvalue weighted by atomic mass is 10.2. The summed E-state index contributed by atoms with van der Waals surface area (Å²) in [6.45, 7) is 3.46. The van der Waals surface area contributed by atoms with Crippen LogP contribution in [0.1, 0.15) is 13.8 Å². The van der Waals surface area contributed by atoms with E-state index in [9.17, 15) is 0 Å². The molecule has 1 atom stereocenters. The van der Waals surface area contributed by atoms with E-state index in [1.165, 1.54) is 7.11 Å². The molecule has 1 N–H and O–H groups in total. The predicted octanol–water partition coefficient (Wildman–Crippen LogP) is 0.581. The third-order valence-corrected chi connectivity index (χ3v) is 0.774. The smallest absolute Gasteiger partial charge is 0.268 e. The van der Waals surface area contributed by atoms with E-state index in [1.807, 2.05) is 13.8 Å². The molecule has 56 valence electrons. The van der Waals surface area contributed by atoms with Gasteiger partial charge in [-0.2, -0.15) is 0 Å². The maximum Gasteiger partial charge on any atom is 0.268 e. The van der Waals surface area contributed by atoms with Crippen molar-refractivity contribution < 1.29 is 14.6 Å². The van der Waals surface area contributed by atoms with Gasteiger partial charge in [-0.1, -0.05) is 13.8 Å². The van der Waals surface area contributed by atoms with E-state index < -0.39 is 6.48 Å². The van der Waals surface area contributed by atoms with E-state index in [-0.39, 0.29) is 0 Å². The van der Waals surface area contributed by atoms with Crippen molar-refractivity contribution in [3.05, 3.63) is 0 Å². The molecule has 9 heavy (non-hydrogen) atoms. The molecule has 3 nitrogen and oxygen atoms in total. The van der Waals surface area contributed by atoms with Crippen LogP contribution in [-0.4, -0.2) is 25.3 Å². The molecule has 0 amide bonds. The fraction of sp³-hybridized carbons (Fsp3) is 1.00. The molecular formula is C6H14O3. The Morgan fingerprint density at radius 3 is 2.33 bits per heavy atom. The molecule has 0 saturated heterocycles. The number of aliphatic hydroxyl groups excluding tert-OH is 1. The molecule has 0 radical (unpaired) electrons. The van der Waals surface area contributed by atoms with E-state index in [2.05, 4.69) is 4.74 Å². The molecule has 0 aromatic rings. The van der Waals surface area contributed by atoms with Crippen LogP contribution in [0.5, 0.6) is 0 Å². The first-order valence-corrected chi connectivity index (χ1v) is 2.99. The van der Waals surface area contributed by atoms with Crippen molar-refractivity contribution in [1.29, 1.82) is 0 Å². The lowest BCUT2D eigenvalue weighted by Crippen LogP contribution is -2.16. The maximum atomic E-state index is 8.66. The molecule has 0 aliphatic rings. The Bertz CT molecular complexity index is 63.3. The molecule has 0 aliphatic carbocycles. The van der Waals surface area contributed by atoms with Crippen LogP contribution in [0.15, 0.2) is 0 Å². The van der Waals surface area contributed by atoms with E-state index in [4.69, 9.17) is 9.84 Å². The van der Waals surface area contributed by atoms with Crippen molar-refractivity contribution in [2.75, 3.05) is 13.7 Å². The summed E-state index contributed by atoms with van der Waals surface area (Å²) in [5.74, 6) is 0.426. The summed E-state index contributed by atoms with van der Waals surface area (Å²) in [7, 11) is 1.39. The Labute approximate surface area is 55.6 Å². The van der Waals surface area contributed by atoms with Crippen LogP contribution in [0, 0.1) is 5.92 Å². The Morgan fingerprint density at radius 2 is 2.00 bits per heavy atom. The normalized spacial score (nSPS) is 14.3. The quantitative estimate of drug-likeness (QED) is 0.572. The van der Waals surface area contributed by atoms with Crippen molar-refractivity contribution in [2.45, 2.75) is 20.3 Å². The van der Waals surface area contributed by atoms with Crippen molar-refractivity contribution >= 4 is 0 Å². The second-order valence-electron chi connectivity index (χ2n) is 2.27. The number of ether oxygens (including phenoxy) is 2. The molecule has 0 heterocycles. The third-order valence-electron chi connectivity index (χ3n) is 0.774. The zero-order chi connectivity index (χ0) is 7.28. The van der Waals surface area contributed by atoms with Gasteiger partial charge in [0.05, 0.1) is 6.61 Å². The molecule has 0 aromatic heterocycles. The Morgan fingerprint density at radius 1 is 1.44 bits per heavy atom. The standard InChI is InChI=1S/C6H14O3/c1-5(2)4-9-6(7)8-3/h5-7H,4H2,1-3H3. The molecule has 1 unspecified atom stereocenters. The Balaban J connectivity index is 3.06. The van der Waals surface area contributed by atoms with Crippen LogP contribution in [0.3, 0.4) is 0 Å². The molecule has 0 aromatic carbocycles. The van der Waals surface area contributed by atoms with Gasteiger partial charge in [0.2, 0.25) is 0 Å². The highest BCUT2D eigenvalue weighted by atomic mass is 16.8. The van der Waals surface area contributed by atoms with Crippen LogP contribution in [-0.2, 0) is 9.47 Å². The lowest BCUT2D eigenvalue weighted by molar-refractivity contribution is -0.253. The van der Waals surface area contributed by atoms with E-state index in [0.717, 1.165) is 0 Å². The van der Waals surface area contributed by atoms with Crippen LogP contribution in [0.4, 0.5) is 0 Å². The number of hydrogen-bond donors (Lipinski definition) is 1. The van der Waals surface area contributed by atoms with Crippen molar-refractivity contribution in [3.8, 4) is 0 Å². The molecular weight excluding hydrogens is 120 g/mol. The predicted molar refractivity (Wildman–Crippen MR) is 33.8 cm³/mol. The average molecular weight is 134 g/mol. The van der Waals surface area contributed by atoms with Gasteiger partial charge in [0.25, 0.3) is 6.48 Å². The van der Waals surface area contributed by atoms with Crippen molar-refractivity contribution in [3.63, 3.8) is 0 Å². The van der Waals surface area contributed by atoms with Gasteiger partial charge in [0.15, 0.2) is 0 Å². The summed E-state index contributed by atoms with van der Waals surface area (Å²) in [6.07, 6.45) is 0. The van der Waals surface area contributed by atoms with Crippen LogP contribution in [0.25, 0.3) is 0 Å². The first-order chi connectivity index (χ1) is 4.16. The van der Waals surface area contributed by atoms with E-state index >= 15 is 0 Å². The average Bonchev–Trinajstić information content (AvgIpc) is 1.83. The summed E-state index contributed by atoms with van der Waals surface area (Å²) >= 11 is 0. The number of aliphatic hydroxyl groups is 1. The monoisotopic (exact) mass is 134 g/mol. The van der Waals surface area contributed by atoms with Crippen LogP contribution in [0.2, 0.25) is 0 Å². The maximum absolute atomic E-state index is 8.66. The van der Waals surface area contributed by atoms with Gasteiger partial charge in [-0.25, -0.2) is 0 Å². The highest BCUT2D eigenvalue weighted by molar-refractivity contribution is 4.37. The largest absolute Gasteiger partial charge is 0.346 e. The molecule has 3 heteroatoms. The highest BCUT2D eigenvalue weighted by Gasteiger charge is 2.00. The first kappa shape index (κ1) is 8.88. The molecule has 0 aliphatic heterocycles. The number of methoxy groups -OCH3 is 1. The molecule has 0 bridgehead atoms. The topological polar surface area (TPSA) is 38.7 Å². The van der Waals surface area contributed by atoms with Gasteiger partial charge >= 0.3 is 0 Å². The minimum absolute atomic E-state index is 0.426. The summed E-state index contributed by atoms with van der Waals surface area (Å²) in [5.41, 5.74) is 0. The van der Waals surface area contributed by atoms with Crippen LogP contribution >= 0.6 is 0 Å². The number of hydrogen-bond acceptors (Lipinski definition) is 3. The molecule has 0 fully saturated rings. The zero-order valence-corrected chi connectivity index (χ0v) is 6.13. The SMILES string of the molecule is COC(O)OCC(C)C. The van der Waals surface area contributed by atoms with Gasteiger partial charge < -0.3 is 14.6 Å². The van der Waals surface area contributed by atoms with Gasteiger partial charge in [-0.15, -0.1) is 0 Å². The Hall–Kier alpha value is -0.120. The highest BCUT2D eigenvalue weighted by Crippen LogP contribution is 1.95. The Kier molecular flexibility index (Phi) is 4.67. The van der Waals surface area contributed by atoms with E-state index in [1.54, 1.807) is 0 Å². The lowest BCUT2D eigenvalue weighted by Gasteiger charge is -2.10. The second kappa shape index (κ2) is 4.73. The summed E-state index contributed by atoms with van der Waals surface area (Å²) in [5, 5.41) is 8.66. The zero-order valence-electron chi connectivity index (χ0n) is 6.13. The number of rotatable bonds is 4. The summed E-state index contributed by atoms with van der Waals surface area (Å²) in [4.78, 5) is 0. The molecule has 0 rings (SSSR count). The van der Waals surface area contributed by atoms with Crippen LogP contribution < -0.4 is 0 Å². The minimum atomic E-state index is -1.06. The third kappa shape index (κ3) is 5.76. The molecule has 0 saturated carbocycles. The second-order valence-corrected chi connectivity index (χ2v) is 2.27. The molecule has 0 spiro atoms. The van der Waals surface area contributed by atoms with Crippen molar-refractivity contribution in [1.82, 2.24) is 0 Å². The summed E-state index contributed by atoms with van der Waals surface area (Å²) in [6, 6.07) is 0. The van der Waals surface area contributed by atoms with Gasteiger partial charge in [-0.3, -0.25) is 0 Å². The fourth-order valence-corrected chi connectivity index (χ4v) is 0.343.